The summed E-state index contributed by atoms with van der Waals surface area (Å²) >= 11 is 0. The van der Waals surface area contributed by atoms with Crippen molar-refractivity contribution < 1.29 is 9.59 Å². The van der Waals surface area contributed by atoms with Gasteiger partial charge in [-0.15, -0.1) is 0 Å². The Morgan fingerprint density at radius 1 is 1.30 bits per heavy atom. The number of carbonyl (C=O) groups excluding carboxylic acids is 2. The number of fused-ring (bicyclic) bond motifs is 1. The largest absolute Gasteiger partial charge is 0.368 e. The van der Waals surface area contributed by atoms with E-state index in [-0.39, 0.29) is 11.8 Å². The van der Waals surface area contributed by atoms with Crippen molar-refractivity contribution in [1.82, 2.24) is 10.3 Å². The van der Waals surface area contributed by atoms with Crippen molar-refractivity contribution in [3.05, 3.63) is 36.0 Å². The second-order valence-electron chi connectivity index (χ2n) is 5.45. The molecule has 2 rings (SSSR count). The maximum atomic E-state index is 12.3. The van der Waals surface area contributed by atoms with Gasteiger partial charge in [-0.2, -0.15) is 0 Å². The minimum Gasteiger partial charge on any atom is -0.368 e. The topological polar surface area (TPSA) is 88.0 Å². The van der Waals surface area contributed by atoms with Crippen LogP contribution in [0.4, 0.5) is 0 Å². The van der Waals surface area contributed by atoms with Gasteiger partial charge >= 0.3 is 0 Å². The molecule has 1 aromatic heterocycles. The molecule has 0 fully saturated rings. The zero-order valence-corrected chi connectivity index (χ0v) is 11.9. The van der Waals surface area contributed by atoms with Crippen LogP contribution in [0.5, 0.6) is 0 Å². The van der Waals surface area contributed by atoms with Crippen LogP contribution in [0, 0.1) is 5.92 Å². The highest BCUT2D eigenvalue weighted by Crippen LogP contribution is 2.19. The van der Waals surface area contributed by atoms with Gasteiger partial charge in [0.15, 0.2) is 0 Å². The van der Waals surface area contributed by atoms with E-state index in [0.717, 1.165) is 10.9 Å². The smallest absolute Gasteiger partial charge is 0.268 e. The van der Waals surface area contributed by atoms with Gasteiger partial charge in [0, 0.05) is 10.9 Å². The number of nitrogens with two attached hydrogens (primary N) is 1. The lowest BCUT2D eigenvalue weighted by Crippen LogP contribution is -2.58. The highest BCUT2D eigenvalue weighted by atomic mass is 16.2. The SMILES string of the molecule is CC(C)C(C)(NC(=O)c1cc2ccccc2[nH]1)C(N)=O. The van der Waals surface area contributed by atoms with Crippen LogP contribution in [0.1, 0.15) is 31.3 Å². The summed E-state index contributed by atoms with van der Waals surface area (Å²) in [6.07, 6.45) is 0. The molecule has 0 saturated heterocycles. The van der Waals surface area contributed by atoms with E-state index in [1.807, 2.05) is 38.1 Å². The van der Waals surface area contributed by atoms with Gasteiger partial charge in [0.1, 0.15) is 11.2 Å². The van der Waals surface area contributed by atoms with E-state index in [1.54, 1.807) is 13.0 Å². The number of primary amides is 1. The number of carbonyl (C=O) groups is 2. The molecule has 5 heteroatoms. The van der Waals surface area contributed by atoms with Crippen molar-refractivity contribution in [3.8, 4) is 0 Å². The molecule has 5 nitrogen and oxygen atoms in total. The molecule has 0 spiro atoms. The number of amides is 2. The summed E-state index contributed by atoms with van der Waals surface area (Å²) in [5.74, 6) is -0.985. The molecule has 0 aliphatic rings. The minimum absolute atomic E-state index is 0.103. The van der Waals surface area contributed by atoms with E-state index in [0.29, 0.717) is 5.69 Å². The quantitative estimate of drug-likeness (QED) is 0.793. The van der Waals surface area contributed by atoms with Gasteiger partial charge in [0.25, 0.3) is 5.91 Å². The van der Waals surface area contributed by atoms with Crippen LogP contribution in [0.15, 0.2) is 30.3 Å². The standard InChI is InChI=1S/C15H19N3O2/c1-9(2)15(3,14(16)20)18-13(19)12-8-10-6-4-5-7-11(10)17-12/h4-9,17H,1-3H3,(H2,16,20)(H,18,19). The predicted molar refractivity (Wildman–Crippen MR) is 78.2 cm³/mol. The van der Waals surface area contributed by atoms with Crippen LogP contribution in [0.2, 0.25) is 0 Å². The summed E-state index contributed by atoms with van der Waals surface area (Å²) < 4.78 is 0. The summed E-state index contributed by atoms with van der Waals surface area (Å²) in [5, 5.41) is 3.67. The normalized spacial score (nSPS) is 14.2. The summed E-state index contributed by atoms with van der Waals surface area (Å²) in [6.45, 7) is 5.33. The number of hydrogen-bond donors (Lipinski definition) is 3. The van der Waals surface area contributed by atoms with Gasteiger partial charge < -0.3 is 16.0 Å². The Morgan fingerprint density at radius 2 is 1.95 bits per heavy atom. The summed E-state index contributed by atoms with van der Waals surface area (Å²) in [7, 11) is 0. The Bertz CT molecular complexity index is 627. The summed E-state index contributed by atoms with van der Waals surface area (Å²) in [6, 6.07) is 9.36. The van der Waals surface area contributed by atoms with Gasteiger partial charge in [0.2, 0.25) is 5.91 Å². The number of aromatic amines is 1. The molecule has 0 radical (unpaired) electrons. The Balaban J connectivity index is 2.29. The van der Waals surface area contributed by atoms with E-state index >= 15 is 0 Å². The summed E-state index contributed by atoms with van der Waals surface area (Å²) in [4.78, 5) is 26.9. The van der Waals surface area contributed by atoms with E-state index in [4.69, 9.17) is 5.73 Å². The van der Waals surface area contributed by atoms with Crippen LogP contribution < -0.4 is 11.1 Å². The monoisotopic (exact) mass is 273 g/mol. The molecule has 106 valence electrons. The van der Waals surface area contributed by atoms with Crippen LogP contribution in [-0.2, 0) is 4.79 Å². The lowest BCUT2D eigenvalue weighted by Gasteiger charge is -2.31. The molecule has 2 amide bonds. The third-order valence-corrected chi connectivity index (χ3v) is 3.81. The van der Waals surface area contributed by atoms with Gasteiger partial charge in [0.05, 0.1) is 0 Å². The first-order valence-corrected chi connectivity index (χ1v) is 6.54. The van der Waals surface area contributed by atoms with Crippen LogP contribution >= 0.6 is 0 Å². The van der Waals surface area contributed by atoms with Gasteiger partial charge in [-0.05, 0) is 25.0 Å². The molecule has 4 N–H and O–H groups in total. The number of aromatic nitrogens is 1. The highest BCUT2D eigenvalue weighted by molar-refractivity contribution is 6.01. The Morgan fingerprint density at radius 3 is 2.50 bits per heavy atom. The molecular formula is C15H19N3O2. The van der Waals surface area contributed by atoms with Crippen molar-refractivity contribution >= 4 is 22.7 Å². The maximum Gasteiger partial charge on any atom is 0.268 e. The van der Waals surface area contributed by atoms with E-state index < -0.39 is 11.4 Å². The molecular weight excluding hydrogens is 254 g/mol. The van der Waals surface area contributed by atoms with E-state index in [1.165, 1.54) is 0 Å². The predicted octanol–water partition coefficient (Wildman–Crippen LogP) is 1.80. The van der Waals surface area contributed by atoms with E-state index in [9.17, 15) is 9.59 Å². The lowest BCUT2D eigenvalue weighted by atomic mass is 9.87. The second-order valence-corrected chi connectivity index (χ2v) is 5.45. The maximum absolute atomic E-state index is 12.3. The molecule has 1 unspecified atom stereocenters. The van der Waals surface area contributed by atoms with Crippen molar-refractivity contribution in [1.29, 1.82) is 0 Å². The Kier molecular flexibility index (Phi) is 3.53. The van der Waals surface area contributed by atoms with Crippen molar-refractivity contribution in [2.45, 2.75) is 26.3 Å². The molecule has 0 aliphatic carbocycles. The first-order chi connectivity index (χ1) is 9.34. The molecule has 2 aromatic rings. The molecule has 20 heavy (non-hydrogen) atoms. The average molecular weight is 273 g/mol. The van der Waals surface area contributed by atoms with Gasteiger partial charge in [-0.25, -0.2) is 0 Å². The van der Waals surface area contributed by atoms with Gasteiger partial charge in [-0.1, -0.05) is 32.0 Å². The highest BCUT2D eigenvalue weighted by Gasteiger charge is 2.36. The third-order valence-electron chi connectivity index (χ3n) is 3.81. The van der Waals surface area contributed by atoms with Crippen molar-refractivity contribution in [3.63, 3.8) is 0 Å². The fourth-order valence-electron chi connectivity index (χ4n) is 1.99. The van der Waals surface area contributed by atoms with Crippen LogP contribution in [0.3, 0.4) is 0 Å². The molecule has 1 atom stereocenters. The molecule has 0 aliphatic heterocycles. The van der Waals surface area contributed by atoms with Crippen LogP contribution in [-0.4, -0.2) is 22.3 Å². The first-order valence-electron chi connectivity index (χ1n) is 6.54. The number of benzene rings is 1. The lowest BCUT2D eigenvalue weighted by molar-refractivity contribution is -0.125. The van der Waals surface area contributed by atoms with E-state index in [2.05, 4.69) is 10.3 Å². The first kappa shape index (κ1) is 14.1. The zero-order chi connectivity index (χ0) is 14.9. The molecule has 1 aromatic carbocycles. The fraction of sp³-hybridized carbons (Fsp3) is 0.333. The number of para-hydroxylation sites is 1. The fourth-order valence-corrected chi connectivity index (χ4v) is 1.99. The minimum atomic E-state index is -1.08. The third kappa shape index (κ3) is 2.39. The Labute approximate surface area is 117 Å². The molecule has 0 bridgehead atoms. The molecule has 1 heterocycles. The summed E-state index contributed by atoms with van der Waals surface area (Å²) in [5.41, 5.74) is 5.63. The van der Waals surface area contributed by atoms with Crippen molar-refractivity contribution in [2.75, 3.05) is 0 Å². The number of rotatable bonds is 4. The van der Waals surface area contributed by atoms with Gasteiger partial charge in [-0.3, -0.25) is 9.59 Å². The van der Waals surface area contributed by atoms with Crippen LogP contribution in [0.25, 0.3) is 10.9 Å². The number of nitrogens with one attached hydrogen (secondary N) is 2. The average Bonchev–Trinajstić information content (AvgIpc) is 2.81. The zero-order valence-electron chi connectivity index (χ0n) is 11.9. The number of H-pyrrole nitrogens is 1. The molecule has 0 saturated carbocycles. The number of hydrogen-bond acceptors (Lipinski definition) is 2. The van der Waals surface area contributed by atoms with Crippen molar-refractivity contribution in [2.24, 2.45) is 11.7 Å². The second kappa shape index (κ2) is 5.00. The Hall–Kier alpha value is -2.30.